The van der Waals surface area contributed by atoms with Gasteiger partial charge in [-0.15, -0.1) is 0 Å². The second-order valence-corrected chi connectivity index (χ2v) is 10.7. The maximum Gasteiger partial charge on any atom is 0.332 e. The molecule has 0 spiro atoms. The van der Waals surface area contributed by atoms with Crippen LogP contribution < -0.4 is 106 Å². The van der Waals surface area contributed by atoms with Gasteiger partial charge in [-0.1, -0.05) is 0 Å². The van der Waals surface area contributed by atoms with Crippen molar-refractivity contribution in [3.05, 3.63) is 41.7 Å². The maximum absolute atomic E-state index is 12.2. The van der Waals surface area contributed by atoms with Crippen LogP contribution in [0.4, 0.5) is 0 Å². The molecule has 0 fully saturated rings. The molecule has 4 heterocycles. The van der Waals surface area contributed by atoms with E-state index in [1.807, 2.05) is 28.2 Å². The third-order valence-electron chi connectivity index (χ3n) is 6.83. The summed E-state index contributed by atoms with van der Waals surface area (Å²) in [6, 6.07) is 0.698. The first-order valence-electron chi connectivity index (χ1n) is 13.5. The number of hydrogen-bond donors (Lipinski definition) is 0. The zero-order valence-electron chi connectivity index (χ0n) is 28.7. The van der Waals surface area contributed by atoms with Crippen LogP contribution in [0.1, 0.15) is 12.8 Å². The van der Waals surface area contributed by atoms with Crippen molar-refractivity contribution in [2.45, 2.75) is 12.8 Å². The summed E-state index contributed by atoms with van der Waals surface area (Å²) in [7, 11) is 17.5. The molecule has 0 atom stereocenters. The van der Waals surface area contributed by atoms with E-state index >= 15 is 0 Å². The minimum Gasteiger partial charge on any atom is -1.00 e. The Bertz CT molecular complexity index is 1700. The summed E-state index contributed by atoms with van der Waals surface area (Å²) in [5.74, 6) is 0. The molecular weight excluding hydrogens is 956 g/mol. The van der Waals surface area contributed by atoms with Crippen LogP contribution in [-0.4, -0.2) is 102 Å². The van der Waals surface area contributed by atoms with E-state index in [4.69, 9.17) is 9.47 Å². The number of aryl methyl sites for hydroxylation is 4. The molecule has 0 aliphatic rings. The van der Waals surface area contributed by atoms with Gasteiger partial charge in [0.1, 0.15) is 0 Å². The molecule has 0 aliphatic heterocycles. The van der Waals surface area contributed by atoms with Crippen molar-refractivity contribution in [1.82, 2.24) is 47.2 Å². The molecule has 0 saturated carbocycles. The van der Waals surface area contributed by atoms with Crippen molar-refractivity contribution in [2.24, 2.45) is 42.3 Å². The molecule has 0 aromatic carbocycles. The monoisotopic (exact) mass is 995 g/mol. The Kier molecular flexibility index (Phi) is 28.2. The average Bonchev–Trinajstić information content (AvgIpc) is 3.45. The molecule has 0 N–H and O–H groups in total. The predicted octanol–water partition coefficient (Wildman–Crippen LogP) is -19.4. The van der Waals surface area contributed by atoms with Gasteiger partial charge in [0.15, 0.2) is 22.3 Å². The molecule has 16 nitrogen and oxygen atoms in total. The zero-order chi connectivity index (χ0) is 31.5. The average molecular weight is 998 g/mol. The van der Waals surface area contributed by atoms with Gasteiger partial charge in [-0.25, -0.2) is 9.59 Å². The van der Waals surface area contributed by atoms with Crippen LogP contribution in [0.5, 0.6) is 12.0 Å². The van der Waals surface area contributed by atoms with Crippen LogP contribution in [0.2, 0.25) is 0 Å². The summed E-state index contributed by atoms with van der Waals surface area (Å²) in [6.45, 7) is 2.82. The minimum absolute atomic E-state index is 0. The van der Waals surface area contributed by atoms with Crippen LogP contribution in [0, 0.1) is 0 Å². The summed E-state index contributed by atoms with van der Waals surface area (Å²) in [4.78, 5) is 60.8. The van der Waals surface area contributed by atoms with Crippen LogP contribution in [0.25, 0.3) is 22.3 Å². The van der Waals surface area contributed by atoms with Crippen LogP contribution in [0.3, 0.4) is 0 Å². The van der Waals surface area contributed by atoms with E-state index in [1.165, 1.54) is 23.2 Å². The van der Waals surface area contributed by atoms with E-state index in [1.54, 1.807) is 37.3 Å². The smallest absolute Gasteiger partial charge is 0.332 e. The molecule has 4 rings (SSSR count). The number of ether oxygens (including phenoxy) is 2. The number of nitrogens with zero attached hydrogens (tertiary/aromatic N) is 10. The van der Waals surface area contributed by atoms with Gasteiger partial charge in [0.25, 0.3) is 23.1 Å². The summed E-state index contributed by atoms with van der Waals surface area (Å²) >= 11 is 0. The van der Waals surface area contributed by atoms with Gasteiger partial charge in [-0.2, -0.15) is 9.97 Å². The molecule has 49 heavy (non-hydrogen) atoms. The quantitative estimate of drug-likeness (QED) is 0.141. The summed E-state index contributed by atoms with van der Waals surface area (Å²) in [5.41, 5.74) is -0.127. The van der Waals surface area contributed by atoms with Crippen molar-refractivity contribution in [2.75, 3.05) is 54.5 Å². The first-order valence-corrected chi connectivity index (χ1v) is 13.5. The molecule has 0 aliphatic carbocycles. The van der Waals surface area contributed by atoms with Crippen molar-refractivity contribution < 1.29 is 105 Å². The minimum atomic E-state index is -0.398. The number of aromatic nitrogens is 8. The van der Waals surface area contributed by atoms with Crippen LogP contribution in [-0.2, 0) is 63.4 Å². The number of hydrogen-bond acceptors (Lipinski definition) is 10. The number of imidazole rings is 2. The van der Waals surface area contributed by atoms with Gasteiger partial charge in [0, 0.05) is 76.4 Å². The predicted molar refractivity (Wildman–Crippen MR) is 160 cm³/mol. The van der Waals surface area contributed by atoms with Crippen molar-refractivity contribution >= 4 is 22.3 Å². The maximum atomic E-state index is 12.2. The fourth-order valence-corrected chi connectivity index (χ4v) is 4.34. The van der Waals surface area contributed by atoms with Gasteiger partial charge >= 0.3 is 11.4 Å². The second-order valence-electron chi connectivity index (χ2n) is 10.7. The van der Waals surface area contributed by atoms with E-state index in [9.17, 15) is 19.2 Å². The Morgan fingerprint density at radius 3 is 1.06 bits per heavy atom. The van der Waals surface area contributed by atoms with E-state index in [0.29, 0.717) is 47.6 Å². The normalized spacial score (nSPS) is 9.88. The summed E-state index contributed by atoms with van der Waals surface area (Å²) < 4.78 is 19.3. The molecule has 0 radical (unpaired) electrons. The van der Waals surface area contributed by atoms with E-state index in [0.717, 1.165) is 35.1 Å². The molecular formula is C26H42Cl6N10O6Pt-6. The van der Waals surface area contributed by atoms with Crippen molar-refractivity contribution in [3.8, 4) is 12.0 Å². The fourth-order valence-electron chi connectivity index (χ4n) is 4.34. The molecule has 0 bridgehead atoms. The fraction of sp³-hybridized carbons (Fsp3) is 0.615. The topological polar surface area (TPSA) is 149 Å². The molecule has 0 amide bonds. The van der Waals surface area contributed by atoms with Crippen LogP contribution in [0.15, 0.2) is 19.2 Å². The third-order valence-corrected chi connectivity index (χ3v) is 6.83. The van der Waals surface area contributed by atoms with Gasteiger partial charge < -0.3 is 93.7 Å². The first-order chi connectivity index (χ1) is 19.7. The number of fused-ring (bicyclic) bond motifs is 2. The zero-order valence-corrected chi connectivity index (χ0v) is 35.6. The Labute approximate surface area is 335 Å². The Balaban J connectivity index is -0.000000230. The van der Waals surface area contributed by atoms with Gasteiger partial charge in [-0.3, -0.25) is 37.0 Å². The molecule has 290 valence electrons. The summed E-state index contributed by atoms with van der Waals surface area (Å²) in [6.07, 6.45) is 1.71. The SMILES string of the molecule is CN(C)CCCOc1nc2c(c(=O)n(C)c(=O)n2C)n1C.CN(C)CCCOc1nc2c(c(=O)n(C)c(=O)n2C)n1C.[Cl-].[Cl-].[Cl-].[Cl-].[Cl-].[Cl-].[Pt]. The number of rotatable bonds is 10. The second kappa shape index (κ2) is 24.4. The number of halogens is 6. The Morgan fingerprint density at radius 2 is 0.796 bits per heavy atom. The van der Waals surface area contributed by atoms with Crippen LogP contribution >= 0.6 is 0 Å². The van der Waals surface area contributed by atoms with E-state index in [-0.39, 0.29) is 107 Å². The molecule has 0 saturated heterocycles. The molecule has 23 heteroatoms. The molecule has 0 unspecified atom stereocenters. The first kappa shape index (κ1) is 56.6. The largest absolute Gasteiger partial charge is 1.00 e. The van der Waals surface area contributed by atoms with E-state index < -0.39 is 11.4 Å². The Hall–Kier alpha value is -1.75. The summed E-state index contributed by atoms with van der Waals surface area (Å²) in [5, 5.41) is 0. The standard InChI is InChI=1S/2C13H21N5O3.6ClH.Pt/c2*1-15(2)7-6-8-21-12-14-10-9(16(12)3)11(19)18(5)13(20)17(10)4;;;;;;;/h2*6-8H2,1-5H3;6*1H;/p-6. The molecule has 4 aromatic heterocycles. The third kappa shape index (κ3) is 12.8. The molecule has 4 aromatic rings. The van der Waals surface area contributed by atoms with E-state index in [2.05, 4.69) is 19.8 Å². The van der Waals surface area contributed by atoms with Gasteiger partial charge in [-0.05, 0) is 41.0 Å². The Morgan fingerprint density at radius 1 is 0.510 bits per heavy atom. The van der Waals surface area contributed by atoms with Gasteiger partial charge in [0.05, 0.1) is 13.2 Å². The van der Waals surface area contributed by atoms with Crippen molar-refractivity contribution in [3.63, 3.8) is 0 Å². The van der Waals surface area contributed by atoms with Gasteiger partial charge in [0.2, 0.25) is 0 Å². The van der Waals surface area contributed by atoms with Crippen molar-refractivity contribution in [1.29, 1.82) is 0 Å².